The standard InChI is InChI=1S/C9H10ClN3/c10-8-2-1-6(12)5-7(8)9(13)3-4-11/h1-2,5,9H,3,12-13H2. The predicted molar refractivity (Wildman–Crippen MR) is 53.0 cm³/mol. The summed E-state index contributed by atoms with van der Waals surface area (Å²) in [6.45, 7) is 0. The number of anilines is 1. The lowest BCUT2D eigenvalue weighted by Crippen LogP contribution is -2.10. The van der Waals surface area contributed by atoms with Crippen LogP contribution < -0.4 is 11.5 Å². The van der Waals surface area contributed by atoms with Crippen molar-refractivity contribution in [2.75, 3.05) is 5.73 Å². The molecule has 1 rings (SSSR count). The first kappa shape index (κ1) is 9.85. The Kier molecular flexibility index (Phi) is 3.13. The van der Waals surface area contributed by atoms with Crippen LogP contribution in [0.1, 0.15) is 18.0 Å². The van der Waals surface area contributed by atoms with Gasteiger partial charge in [-0.05, 0) is 23.8 Å². The number of nitriles is 1. The Bertz CT molecular complexity index is 343. The second kappa shape index (κ2) is 4.13. The number of rotatable bonds is 2. The molecule has 0 aliphatic rings. The van der Waals surface area contributed by atoms with Gasteiger partial charge in [-0.1, -0.05) is 11.6 Å². The third kappa shape index (κ3) is 2.35. The normalized spacial score (nSPS) is 12.1. The zero-order valence-corrected chi connectivity index (χ0v) is 7.75. The Hall–Kier alpha value is -1.24. The zero-order chi connectivity index (χ0) is 9.84. The van der Waals surface area contributed by atoms with E-state index < -0.39 is 0 Å². The molecular weight excluding hydrogens is 186 g/mol. The van der Waals surface area contributed by atoms with E-state index in [-0.39, 0.29) is 12.5 Å². The van der Waals surface area contributed by atoms with E-state index in [1.165, 1.54) is 0 Å². The molecule has 68 valence electrons. The summed E-state index contributed by atoms with van der Waals surface area (Å²) in [5.41, 5.74) is 12.6. The van der Waals surface area contributed by atoms with E-state index in [2.05, 4.69) is 0 Å². The average molecular weight is 196 g/mol. The van der Waals surface area contributed by atoms with Crippen LogP contribution in [-0.4, -0.2) is 0 Å². The SMILES string of the molecule is N#CCC(N)c1cc(N)ccc1Cl. The summed E-state index contributed by atoms with van der Waals surface area (Å²) in [5, 5.41) is 9.01. The van der Waals surface area contributed by atoms with Crippen molar-refractivity contribution >= 4 is 17.3 Å². The number of hydrogen-bond donors (Lipinski definition) is 2. The molecule has 1 aromatic carbocycles. The minimum absolute atomic E-state index is 0.239. The lowest BCUT2D eigenvalue weighted by Gasteiger charge is -2.10. The van der Waals surface area contributed by atoms with Crippen molar-refractivity contribution in [1.82, 2.24) is 0 Å². The van der Waals surface area contributed by atoms with Gasteiger partial charge in [-0.15, -0.1) is 0 Å². The van der Waals surface area contributed by atoms with Crippen LogP contribution in [0.25, 0.3) is 0 Å². The summed E-state index contributed by atoms with van der Waals surface area (Å²) < 4.78 is 0. The number of benzene rings is 1. The van der Waals surface area contributed by atoms with Gasteiger partial charge < -0.3 is 11.5 Å². The smallest absolute Gasteiger partial charge is 0.0641 e. The molecule has 0 spiro atoms. The monoisotopic (exact) mass is 195 g/mol. The second-order valence-electron chi connectivity index (χ2n) is 2.75. The van der Waals surface area contributed by atoms with Crippen LogP contribution in [0.4, 0.5) is 5.69 Å². The van der Waals surface area contributed by atoms with Gasteiger partial charge in [0.1, 0.15) is 0 Å². The maximum absolute atomic E-state index is 8.45. The van der Waals surface area contributed by atoms with Crippen molar-refractivity contribution in [2.24, 2.45) is 5.73 Å². The van der Waals surface area contributed by atoms with E-state index in [0.717, 1.165) is 5.56 Å². The molecule has 0 bridgehead atoms. The van der Waals surface area contributed by atoms with Crippen LogP contribution in [0.5, 0.6) is 0 Å². The van der Waals surface area contributed by atoms with Crippen LogP contribution in [0.15, 0.2) is 18.2 Å². The Morgan fingerprint density at radius 1 is 1.54 bits per heavy atom. The molecule has 0 aromatic heterocycles. The number of nitrogen functional groups attached to an aromatic ring is 1. The highest BCUT2D eigenvalue weighted by atomic mass is 35.5. The van der Waals surface area contributed by atoms with Crippen LogP contribution in [-0.2, 0) is 0 Å². The maximum Gasteiger partial charge on any atom is 0.0641 e. The van der Waals surface area contributed by atoms with Crippen molar-refractivity contribution in [1.29, 1.82) is 5.26 Å². The average Bonchev–Trinajstić information content (AvgIpc) is 2.09. The number of nitrogens with zero attached hydrogens (tertiary/aromatic N) is 1. The first-order valence-electron chi connectivity index (χ1n) is 3.82. The topological polar surface area (TPSA) is 75.8 Å². The van der Waals surface area contributed by atoms with Gasteiger partial charge in [-0.2, -0.15) is 5.26 Å². The van der Waals surface area contributed by atoms with E-state index in [9.17, 15) is 0 Å². The fourth-order valence-corrected chi connectivity index (χ4v) is 1.31. The molecule has 0 amide bonds. The summed E-state index contributed by atoms with van der Waals surface area (Å²) in [5.74, 6) is 0. The zero-order valence-electron chi connectivity index (χ0n) is 7.00. The highest BCUT2D eigenvalue weighted by molar-refractivity contribution is 6.31. The summed E-state index contributed by atoms with van der Waals surface area (Å²) in [6, 6.07) is 6.71. The molecule has 0 saturated heterocycles. The Labute approximate surface area is 81.9 Å². The summed E-state index contributed by atoms with van der Waals surface area (Å²) >= 11 is 5.88. The summed E-state index contributed by atoms with van der Waals surface area (Å²) in [4.78, 5) is 0. The quantitative estimate of drug-likeness (QED) is 0.707. The van der Waals surface area contributed by atoms with Gasteiger partial charge in [0, 0.05) is 16.8 Å². The largest absolute Gasteiger partial charge is 0.399 e. The molecule has 0 aliphatic heterocycles. The van der Waals surface area contributed by atoms with Gasteiger partial charge in [-0.25, -0.2) is 0 Å². The van der Waals surface area contributed by atoms with Crippen molar-refractivity contribution in [3.63, 3.8) is 0 Å². The van der Waals surface area contributed by atoms with Gasteiger partial charge in [0.15, 0.2) is 0 Å². The van der Waals surface area contributed by atoms with E-state index in [1.807, 2.05) is 6.07 Å². The molecule has 0 saturated carbocycles. The van der Waals surface area contributed by atoms with Crippen LogP contribution in [0.3, 0.4) is 0 Å². The number of hydrogen-bond acceptors (Lipinski definition) is 3. The third-order valence-electron chi connectivity index (χ3n) is 1.73. The molecule has 0 radical (unpaired) electrons. The van der Waals surface area contributed by atoms with Gasteiger partial charge in [0.05, 0.1) is 12.5 Å². The molecule has 0 heterocycles. The fourth-order valence-electron chi connectivity index (χ4n) is 1.05. The van der Waals surface area contributed by atoms with Crippen LogP contribution in [0, 0.1) is 11.3 Å². The first-order chi connectivity index (χ1) is 6.15. The molecule has 1 unspecified atom stereocenters. The lowest BCUT2D eigenvalue weighted by molar-refractivity contribution is 0.749. The van der Waals surface area contributed by atoms with Gasteiger partial charge in [0.2, 0.25) is 0 Å². The van der Waals surface area contributed by atoms with Crippen LogP contribution in [0.2, 0.25) is 5.02 Å². The molecule has 0 aliphatic carbocycles. The maximum atomic E-state index is 8.45. The van der Waals surface area contributed by atoms with Gasteiger partial charge >= 0.3 is 0 Å². The summed E-state index contributed by atoms with van der Waals surface area (Å²) in [6.07, 6.45) is 0.239. The first-order valence-corrected chi connectivity index (χ1v) is 4.20. The van der Waals surface area contributed by atoms with E-state index in [4.69, 9.17) is 28.3 Å². The number of halogens is 1. The minimum Gasteiger partial charge on any atom is -0.399 e. The van der Waals surface area contributed by atoms with Crippen LogP contribution >= 0.6 is 11.6 Å². The molecule has 4 N–H and O–H groups in total. The van der Waals surface area contributed by atoms with Gasteiger partial charge in [0.25, 0.3) is 0 Å². The Balaban J connectivity index is 3.00. The molecule has 1 atom stereocenters. The van der Waals surface area contributed by atoms with Crippen molar-refractivity contribution in [3.8, 4) is 6.07 Å². The van der Waals surface area contributed by atoms with Crippen molar-refractivity contribution < 1.29 is 0 Å². The molecule has 0 fully saturated rings. The number of nitrogens with two attached hydrogens (primary N) is 2. The molecule has 3 nitrogen and oxygen atoms in total. The predicted octanol–water partition coefficient (Wildman–Crippen LogP) is 1.84. The Morgan fingerprint density at radius 2 is 2.23 bits per heavy atom. The van der Waals surface area contributed by atoms with Crippen molar-refractivity contribution in [3.05, 3.63) is 28.8 Å². The van der Waals surface area contributed by atoms with Crippen molar-refractivity contribution in [2.45, 2.75) is 12.5 Å². The minimum atomic E-state index is -0.360. The fraction of sp³-hybridized carbons (Fsp3) is 0.222. The van der Waals surface area contributed by atoms with E-state index in [1.54, 1.807) is 18.2 Å². The second-order valence-corrected chi connectivity index (χ2v) is 3.16. The highest BCUT2D eigenvalue weighted by Crippen LogP contribution is 2.25. The molecular formula is C9H10ClN3. The third-order valence-corrected chi connectivity index (χ3v) is 2.07. The summed E-state index contributed by atoms with van der Waals surface area (Å²) in [7, 11) is 0. The molecule has 4 heteroatoms. The van der Waals surface area contributed by atoms with E-state index >= 15 is 0 Å². The highest BCUT2D eigenvalue weighted by Gasteiger charge is 2.09. The molecule has 1 aromatic rings. The van der Waals surface area contributed by atoms with Gasteiger partial charge in [-0.3, -0.25) is 0 Å². The lowest BCUT2D eigenvalue weighted by atomic mass is 10.0. The van der Waals surface area contributed by atoms with E-state index in [0.29, 0.717) is 10.7 Å². The molecule has 13 heavy (non-hydrogen) atoms. The Morgan fingerprint density at radius 3 is 2.85 bits per heavy atom.